The van der Waals surface area contributed by atoms with Gasteiger partial charge in [-0.15, -0.1) is 4.90 Å². The number of aromatic nitrogens is 2. The Labute approximate surface area is 182 Å². The molecule has 0 N–H and O–H groups in total. The highest BCUT2D eigenvalue weighted by atomic mass is 28.2. The number of carbonyl (C=O) groups excluding carboxylic acids is 2. The number of nitrogens with zero attached hydrogens (tertiary/aromatic N) is 3. The SMILES string of the molecule is CC(C)(C)OC(=O)N(C(=O)OC(C)(C)C)c1ncc(C(C)(C)O[SiH2]C(C)(C)C)cn1. The normalized spacial score (nSPS) is 13.4. The highest BCUT2D eigenvalue weighted by molar-refractivity contribution is 6.31. The fraction of sp³-hybridized carbons (Fsp3) is 0.714. The number of anilines is 1. The van der Waals surface area contributed by atoms with Crippen molar-refractivity contribution in [3.8, 4) is 0 Å². The molecule has 30 heavy (non-hydrogen) atoms. The van der Waals surface area contributed by atoms with E-state index in [4.69, 9.17) is 13.9 Å². The summed E-state index contributed by atoms with van der Waals surface area (Å²) in [5.41, 5.74) is -1.44. The van der Waals surface area contributed by atoms with E-state index in [0.717, 1.165) is 5.56 Å². The van der Waals surface area contributed by atoms with Crippen LogP contribution in [0.5, 0.6) is 0 Å². The molecule has 0 aliphatic carbocycles. The number of imide groups is 1. The summed E-state index contributed by atoms with van der Waals surface area (Å²) < 4.78 is 16.9. The average molecular weight is 440 g/mol. The number of rotatable bonds is 4. The van der Waals surface area contributed by atoms with Gasteiger partial charge in [-0.05, 0) is 60.4 Å². The molecule has 0 aliphatic rings. The van der Waals surface area contributed by atoms with Crippen LogP contribution in [0.4, 0.5) is 15.5 Å². The number of hydrogen-bond acceptors (Lipinski definition) is 7. The van der Waals surface area contributed by atoms with Crippen molar-refractivity contribution in [3.63, 3.8) is 0 Å². The minimum Gasteiger partial charge on any atom is -0.443 e. The second-order valence-corrected chi connectivity index (χ2v) is 13.6. The molecule has 0 spiro atoms. The molecule has 0 fully saturated rings. The van der Waals surface area contributed by atoms with Gasteiger partial charge in [-0.3, -0.25) is 0 Å². The number of ether oxygens (including phenoxy) is 2. The first-order chi connectivity index (χ1) is 13.3. The number of carbonyl (C=O) groups is 2. The topological polar surface area (TPSA) is 90.9 Å². The molecule has 0 bridgehead atoms. The molecule has 1 aromatic rings. The molecule has 9 heteroatoms. The molecule has 0 atom stereocenters. The Bertz CT molecular complexity index is 716. The lowest BCUT2D eigenvalue weighted by molar-refractivity contribution is 0.0427. The zero-order chi connectivity index (χ0) is 23.5. The van der Waals surface area contributed by atoms with E-state index in [-0.39, 0.29) is 11.0 Å². The Morgan fingerprint density at radius 3 is 1.53 bits per heavy atom. The zero-order valence-electron chi connectivity index (χ0n) is 20.2. The van der Waals surface area contributed by atoms with Gasteiger partial charge in [0.05, 0.1) is 5.60 Å². The summed E-state index contributed by atoms with van der Waals surface area (Å²) in [4.78, 5) is 34.6. The average Bonchev–Trinajstić information content (AvgIpc) is 2.49. The van der Waals surface area contributed by atoms with E-state index in [0.29, 0.717) is 4.90 Å². The lowest BCUT2D eigenvalue weighted by atomic mass is 10.0. The van der Waals surface area contributed by atoms with Crippen LogP contribution in [0.15, 0.2) is 12.4 Å². The molecule has 1 rings (SSSR count). The Kier molecular flexibility index (Phi) is 7.82. The van der Waals surface area contributed by atoms with E-state index < -0.39 is 38.8 Å². The van der Waals surface area contributed by atoms with Crippen LogP contribution >= 0.6 is 0 Å². The summed E-state index contributed by atoms with van der Waals surface area (Å²) in [6.07, 6.45) is 1.31. The predicted molar refractivity (Wildman–Crippen MR) is 119 cm³/mol. The number of hydrogen-bond donors (Lipinski definition) is 0. The molecule has 0 saturated heterocycles. The first kappa shape index (κ1) is 26.0. The molecular weight excluding hydrogens is 402 g/mol. The van der Waals surface area contributed by atoms with Crippen LogP contribution in [0.2, 0.25) is 5.04 Å². The van der Waals surface area contributed by atoms with Crippen LogP contribution < -0.4 is 4.90 Å². The summed E-state index contributed by atoms with van der Waals surface area (Å²) in [6, 6.07) is 0. The Morgan fingerprint density at radius 1 is 0.800 bits per heavy atom. The third-order valence-electron chi connectivity index (χ3n) is 3.55. The van der Waals surface area contributed by atoms with Crippen LogP contribution in [-0.2, 0) is 19.5 Å². The molecule has 0 unspecified atom stereocenters. The van der Waals surface area contributed by atoms with Gasteiger partial charge in [-0.25, -0.2) is 19.6 Å². The second-order valence-electron chi connectivity index (χ2n) is 10.9. The molecule has 2 amide bonds. The minimum atomic E-state index is -0.903. The molecule has 170 valence electrons. The molecule has 1 heterocycles. The molecule has 1 aromatic heterocycles. The van der Waals surface area contributed by atoms with Gasteiger partial charge in [0.25, 0.3) is 0 Å². The lowest BCUT2D eigenvalue weighted by Crippen LogP contribution is -2.44. The van der Waals surface area contributed by atoms with Crippen molar-refractivity contribution in [2.24, 2.45) is 0 Å². The summed E-state index contributed by atoms with van der Waals surface area (Å²) in [5, 5.41) is 0.141. The van der Waals surface area contributed by atoms with Crippen molar-refractivity contribution >= 4 is 27.9 Å². The highest BCUT2D eigenvalue weighted by Crippen LogP contribution is 2.29. The van der Waals surface area contributed by atoms with Gasteiger partial charge in [-0.2, -0.15) is 0 Å². The van der Waals surface area contributed by atoms with Crippen molar-refractivity contribution in [3.05, 3.63) is 18.0 Å². The third-order valence-corrected chi connectivity index (χ3v) is 5.28. The van der Waals surface area contributed by atoms with Crippen LogP contribution in [-0.4, -0.2) is 43.1 Å². The second kappa shape index (κ2) is 9.01. The zero-order valence-corrected chi connectivity index (χ0v) is 21.7. The van der Waals surface area contributed by atoms with E-state index in [1.54, 1.807) is 53.9 Å². The Hall–Kier alpha value is -2.00. The van der Waals surface area contributed by atoms with Gasteiger partial charge in [-0.1, -0.05) is 20.8 Å². The van der Waals surface area contributed by atoms with Crippen LogP contribution in [0.3, 0.4) is 0 Å². The van der Waals surface area contributed by atoms with E-state index >= 15 is 0 Å². The van der Waals surface area contributed by atoms with Crippen LogP contribution in [0.1, 0.15) is 81.7 Å². The van der Waals surface area contributed by atoms with Crippen LogP contribution in [0.25, 0.3) is 0 Å². The maximum Gasteiger partial charge on any atom is 0.427 e. The standard InChI is InChI=1S/C21H37N3O5Si/c1-18(2,3)27-16(25)24(17(26)28-19(4,5)6)15-22-12-14(13-23-15)21(10,11)29-30-20(7,8)9/h12-13H,30H2,1-11H3. The van der Waals surface area contributed by atoms with Crippen molar-refractivity contribution in [1.29, 1.82) is 0 Å². The van der Waals surface area contributed by atoms with E-state index in [1.165, 1.54) is 0 Å². The van der Waals surface area contributed by atoms with E-state index in [2.05, 4.69) is 30.7 Å². The van der Waals surface area contributed by atoms with Gasteiger partial charge in [0, 0.05) is 18.0 Å². The highest BCUT2D eigenvalue weighted by Gasteiger charge is 2.35. The molecule has 0 aliphatic heterocycles. The number of amides is 2. The molecule has 0 aromatic carbocycles. The largest absolute Gasteiger partial charge is 0.443 e. The third kappa shape index (κ3) is 8.79. The quantitative estimate of drug-likeness (QED) is 0.628. The lowest BCUT2D eigenvalue weighted by Gasteiger charge is -2.30. The van der Waals surface area contributed by atoms with Gasteiger partial charge in [0.15, 0.2) is 9.76 Å². The van der Waals surface area contributed by atoms with E-state index in [9.17, 15) is 9.59 Å². The summed E-state index contributed by atoms with van der Waals surface area (Å²) in [7, 11) is -0.803. The predicted octanol–water partition coefficient (Wildman–Crippen LogP) is 4.71. The van der Waals surface area contributed by atoms with E-state index in [1.807, 2.05) is 13.8 Å². The van der Waals surface area contributed by atoms with Crippen molar-refractivity contribution in [2.75, 3.05) is 4.90 Å². The summed E-state index contributed by atoms with van der Waals surface area (Å²) in [5.74, 6) is -0.119. The van der Waals surface area contributed by atoms with Gasteiger partial charge < -0.3 is 13.9 Å². The summed E-state index contributed by atoms with van der Waals surface area (Å²) in [6.45, 7) is 20.6. The fourth-order valence-electron chi connectivity index (χ4n) is 2.08. The molecule has 0 saturated carbocycles. The summed E-state index contributed by atoms with van der Waals surface area (Å²) >= 11 is 0. The van der Waals surface area contributed by atoms with Crippen molar-refractivity contribution < 1.29 is 23.5 Å². The maximum atomic E-state index is 12.7. The molecule has 0 radical (unpaired) electrons. The fourth-order valence-corrected chi connectivity index (χ4v) is 3.04. The molecular formula is C21H37N3O5Si. The minimum absolute atomic E-state index is 0.119. The van der Waals surface area contributed by atoms with Gasteiger partial charge in [0.2, 0.25) is 5.95 Å². The first-order valence-corrected chi connectivity index (χ1v) is 11.3. The smallest absolute Gasteiger partial charge is 0.427 e. The maximum absolute atomic E-state index is 12.7. The monoisotopic (exact) mass is 439 g/mol. The first-order valence-electron chi connectivity index (χ1n) is 10.0. The van der Waals surface area contributed by atoms with Crippen LogP contribution in [0, 0.1) is 0 Å². The van der Waals surface area contributed by atoms with Crippen molar-refractivity contribution in [2.45, 2.75) is 98.0 Å². The van der Waals surface area contributed by atoms with Gasteiger partial charge in [0.1, 0.15) is 11.2 Å². The Balaban J connectivity index is 3.19. The van der Waals surface area contributed by atoms with Crippen molar-refractivity contribution in [1.82, 2.24) is 9.97 Å². The molecule has 8 nitrogen and oxygen atoms in total. The Morgan fingerprint density at radius 2 is 1.20 bits per heavy atom. The van der Waals surface area contributed by atoms with Gasteiger partial charge >= 0.3 is 12.2 Å².